The van der Waals surface area contributed by atoms with Gasteiger partial charge in [-0.25, -0.2) is 8.91 Å². The number of pyridine rings is 1. The molecule has 36 heavy (non-hydrogen) atoms. The minimum absolute atomic E-state index is 0.237. The van der Waals surface area contributed by atoms with E-state index in [1.807, 2.05) is 25.3 Å². The predicted octanol–water partition coefficient (Wildman–Crippen LogP) is 4.53. The molecule has 4 heterocycles. The zero-order valence-corrected chi connectivity index (χ0v) is 20.7. The molecule has 0 bridgehead atoms. The van der Waals surface area contributed by atoms with Gasteiger partial charge in [-0.05, 0) is 57.1 Å². The number of nitrogens with zero attached hydrogens (tertiary/aromatic N) is 6. The molecule has 5 rings (SSSR count). The van der Waals surface area contributed by atoms with Crippen LogP contribution in [0.15, 0.2) is 52.6 Å². The van der Waals surface area contributed by atoms with Crippen LogP contribution in [0.4, 0.5) is 4.39 Å². The Kier molecular flexibility index (Phi) is 8.34. The van der Waals surface area contributed by atoms with Gasteiger partial charge in [0.15, 0.2) is 0 Å². The quantitative estimate of drug-likeness (QED) is 0.411. The number of aryl methyl sites for hydroxylation is 1. The van der Waals surface area contributed by atoms with E-state index in [2.05, 4.69) is 26.3 Å². The molecule has 2 N–H and O–H groups in total. The first-order chi connectivity index (χ1) is 17.5. The summed E-state index contributed by atoms with van der Waals surface area (Å²) < 4.78 is 15.1. The van der Waals surface area contributed by atoms with Crippen LogP contribution in [0.1, 0.15) is 36.1 Å². The fourth-order valence-electron chi connectivity index (χ4n) is 4.15. The molecule has 0 saturated carbocycles. The summed E-state index contributed by atoms with van der Waals surface area (Å²) in [4.78, 5) is 3.67. The monoisotopic (exact) mass is 503 g/mol. The molecule has 184 valence electrons. The van der Waals surface area contributed by atoms with Crippen molar-refractivity contribution in [2.45, 2.75) is 36.0 Å². The first kappa shape index (κ1) is 25.4. The molecule has 3 aromatic heterocycles. The van der Waals surface area contributed by atoms with Crippen LogP contribution in [-0.4, -0.2) is 56.1 Å². The smallest absolute Gasteiger partial charge is 0.124 e. The van der Waals surface area contributed by atoms with Gasteiger partial charge in [-0.15, -0.1) is 0 Å². The lowest BCUT2D eigenvalue weighted by Gasteiger charge is -2.25. The molecule has 1 aliphatic rings. The number of piperidine rings is 1. The molecule has 0 aliphatic carbocycles. The highest BCUT2D eigenvalue weighted by molar-refractivity contribution is 7.99. The highest BCUT2D eigenvalue weighted by Crippen LogP contribution is 2.37. The molecule has 1 saturated heterocycles. The van der Waals surface area contributed by atoms with Crippen LogP contribution in [0, 0.1) is 35.4 Å². The number of hydrogen-bond donors (Lipinski definition) is 2. The minimum Gasteiger partial charge on any atom is -0.395 e. The number of nitriles is 2. The lowest BCUT2D eigenvalue weighted by molar-refractivity contribution is 0.173. The molecule has 0 amide bonds. The van der Waals surface area contributed by atoms with Crippen molar-refractivity contribution in [3.05, 3.63) is 65.5 Å². The van der Waals surface area contributed by atoms with E-state index in [1.54, 1.807) is 16.8 Å². The van der Waals surface area contributed by atoms with Crippen molar-refractivity contribution in [2.24, 2.45) is 0 Å². The van der Waals surface area contributed by atoms with Gasteiger partial charge in [0, 0.05) is 39.4 Å². The topological polar surface area (TPSA) is 117 Å². The summed E-state index contributed by atoms with van der Waals surface area (Å²) in [6.45, 7) is 5.50. The maximum absolute atomic E-state index is 13.5. The number of fused-ring (bicyclic) bond motifs is 1. The summed E-state index contributed by atoms with van der Waals surface area (Å²) in [5.41, 5.74) is 3.98. The van der Waals surface area contributed by atoms with Crippen LogP contribution in [0.5, 0.6) is 0 Å². The van der Waals surface area contributed by atoms with Gasteiger partial charge in [-0.3, -0.25) is 5.10 Å². The van der Waals surface area contributed by atoms with E-state index in [4.69, 9.17) is 5.11 Å². The Morgan fingerprint density at radius 2 is 1.86 bits per heavy atom. The zero-order valence-electron chi connectivity index (χ0n) is 19.9. The summed E-state index contributed by atoms with van der Waals surface area (Å²) in [7, 11) is 0. The Morgan fingerprint density at radius 3 is 2.53 bits per heavy atom. The number of aliphatic hydroxyl groups is 1. The minimum atomic E-state index is -0.467. The molecule has 1 aliphatic heterocycles. The lowest BCUT2D eigenvalue weighted by atomic mass is 10.1. The second kappa shape index (κ2) is 11.8. The van der Waals surface area contributed by atoms with Gasteiger partial charge >= 0.3 is 0 Å². The van der Waals surface area contributed by atoms with Crippen LogP contribution in [0.2, 0.25) is 0 Å². The first-order valence-corrected chi connectivity index (χ1v) is 12.5. The number of hydrogen-bond acceptors (Lipinski definition) is 7. The van der Waals surface area contributed by atoms with Gasteiger partial charge in [0.2, 0.25) is 0 Å². The summed E-state index contributed by atoms with van der Waals surface area (Å²) in [6.07, 6.45) is 9.06. The second-order valence-electron chi connectivity index (χ2n) is 8.45. The van der Waals surface area contributed by atoms with Gasteiger partial charge < -0.3 is 10.0 Å². The Labute approximate surface area is 213 Å². The summed E-state index contributed by atoms with van der Waals surface area (Å²) in [5.74, 6) is -0.467. The normalized spacial score (nSPS) is 13.6. The average molecular weight is 504 g/mol. The summed E-state index contributed by atoms with van der Waals surface area (Å²) >= 11 is 1.30. The Hall–Kier alpha value is -3.70. The fraction of sp³-hybridized carbons (Fsp3) is 0.308. The van der Waals surface area contributed by atoms with Gasteiger partial charge in [-0.2, -0.15) is 20.7 Å². The van der Waals surface area contributed by atoms with E-state index in [9.17, 15) is 14.9 Å². The summed E-state index contributed by atoms with van der Waals surface area (Å²) in [6, 6.07) is 10.1. The average Bonchev–Trinajstić information content (AvgIpc) is 3.52. The van der Waals surface area contributed by atoms with Crippen molar-refractivity contribution in [3.63, 3.8) is 0 Å². The number of benzene rings is 1. The van der Waals surface area contributed by atoms with Crippen LogP contribution in [-0.2, 0) is 0 Å². The Morgan fingerprint density at radius 1 is 1.08 bits per heavy atom. The van der Waals surface area contributed by atoms with E-state index < -0.39 is 5.82 Å². The van der Waals surface area contributed by atoms with E-state index in [-0.39, 0.29) is 5.56 Å². The number of nitrogens with one attached hydrogen (secondary N) is 1. The van der Waals surface area contributed by atoms with Crippen molar-refractivity contribution >= 4 is 17.3 Å². The largest absolute Gasteiger partial charge is 0.395 e. The van der Waals surface area contributed by atoms with Crippen molar-refractivity contribution in [2.75, 3.05) is 26.2 Å². The van der Waals surface area contributed by atoms with Crippen LogP contribution in [0.25, 0.3) is 16.6 Å². The van der Waals surface area contributed by atoms with Crippen molar-refractivity contribution in [3.8, 4) is 23.3 Å². The molecule has 4 aromatic rings. The first-order valence-electron chi connectivity index (χ1n) is 11.7. The molecule has 1 aromatic carbocycles. The molecule has 8 nitrogen and oxygen atoms in total. The number of H-pyrrole nitrogens is 1. The molecule has 0 atom stereocenters. The number of halogens is 1. The summed E-state index contributed by atoms with van der Waals surface area (Å²) in [5, 5.41) is 38.5. The van der Waals surface area contributed by atoms with E-state index in [0.29, 0.717) is 22.6 Å². The number of rotatable bonds is 5. The van der Waals surface area contributed by atoms with Gasteiger partial charge in [0.1, 0.15) is 18.0 Å². The number of aliphatic hydroxyl groups excluding tert-OH is 1. The molecule has 1 fully saturated rings. The number of likely N-dealkylation sites (tertiary alicyclic amines) is 1. The molecular formula is C26H26FN7OS. The zero-order chi connectivity index (χ0) is 25.5. The molecule has 0 spiro atoms. The van der Waals surface area contributed by atoms with Crippen LogP contribution in [0.3, 0.4) is 0 Å². The Bertz CT molecular complexity index is 1420. The lowest BCUT2D eigenvalue weighted by Crippen LogP contribution is -2.31. The van der Waals surface area contributed by atoms with E-state index >= 15 is 0 Å². The van der Waals surface area contributed by atoms with Gasteiger partial charge in [-0.1, -0.05) is 18.2 Å². The Balaban J connectivity index is 0.000000286. The fourth-order valence-corrected chi connectivity index (χ4v) is 5.23. The maximum atomic E-state index is 13.5. The SMILES string of the molecule is Cc1[nH]ncc1-c1cc(Sc2ccc(F)cc2C#N)c2c(C#N)cnn2c1.OCCN1CCCCC1. The predicted molar refractivity (Wildman–Crippen MR) is 135 cm³/mol. The van der Waals surface area contributed by atoms with Gasteiger partial charge in [0.05, 0.1) is 35.6 Å². The van der Waals surface area contributed by atoms with Gasteiger partial charge in [0.25, 0.3) is 0 Å². The molecule has 0 radical (unpaired) electrons. The highest BCUT2D eigenvalue weighted by atomic mass is 32.2. The van der Waals surface area contributed by atoms with Crippen LogP contribution < -0.4 is 0 Å². The van der Waals surface area contributed by atoms with Crippen molar-refractivity contribution in [1.29, 1.82) is 10.5 Å². The standard InChI is InChI=1S/C19H11FN6S.C7H15NO/c1-11-16(9-23-25-11)13-5-18(19-14(7-22)8-24-26(19)10-13)27-17-3-2-15(20)4-12(17)6-21;9-7-6-8-4-2-1-3-5-8/h2-5,8-10H,1H3,(H,23,25);9H,1-7H2. The second-order valence-corrected chi connectivity index (χ2v) is 9.53. The molecular weight excluding hydrogens is 477 g/mol. The number of aromatic nitrogens is 4. The van der Waals surface area contributed by atoms with Crippen molar-refractivity contribution < 1.29 is 9.50 Å². The highest BCUT2D eigenvalue weighted by Gasteiger charge is 2.16. The van der Waals surface area contributed by atoms with E-state index in [1.165, 1.54) is 62.4 Å². The van der Waals surface area contributed by atoms with Crippen molar-refractivity contribution in [1.82, 2.24) is 24.7 Å². The third kappa shape index (κ3) is 5.74. The van der Waals surface area contributed by atoms with Crippen LogP contribution >= 0.6 is 11.8 Å². The number of aromatic amines is 1. The third-order valence-corrected chi connectivity index (χ3v) is 7.09. The number of β-amino-alcohol motifs (C(OH)–C–C–N with tert-alkyl or cyclic N) is 1. The maximum Gasteiger partial charge on any atom is 0.124 e. The molecule has 0 unspecified atom stereocenters. The third-order valence-electron chi connectivity index (χ3n) is 5.99. The van der Waals surface area contributed by atoms with E-state index in [0.717, 1.165) is 28.3 Å². The molecule has 10 heteroatoms.